The Morgan fingerprint density at radius 3 is 2.29 bits per heavy atom. The van der Waals surface area contributed by atoms with E-state index in [4.69, 9.17) is 0 Å². The van der Waals surface area contributed by atoms with Crippen molar-refractivity contribution in [1.29, 1.82) is 0 Å². The quantitative estimate of drug-likeness (QED) is 0.338. The third-order valence-electron chi connectivity index (χ3n) is 5.21. The molecule has 0 aliphatic rings. The van der Waals surface area contributed by atoms with Crippen molar-refractivity contribution in [2.24, 2.45) is 0 Å². The molecule has 5 aromatic rings. The molecular weight excluding hydrogens is 446 g/mol. The maximum absolute atomic E-state index is 12.6. The topological polar surface area (TPSA) is 92.9 Å². The number of aromatic hydroxyl groups is 1. The van der Waals surface area contributed by atoms with Gasteiger partial charge in [-0.2, -0.15) is 0 Å². The smallest absolute Gasteiger partial charge is 0.259 e. The number of amides is 1. The summed E-state index contributed by atoms with van der Waals surface area (Å²) >= 11 is 1.56. The Bertz CT molecular complexity index is 1410. The van der Waals surface area contributed by atoms with E-state index in [1.54, 1.807) is 28.8 Å². The van der Waals surface area contributed by atoms with E-state index in [0.717, 1.165) is 27.2 Å². The van der Waals surface area contributed by atoms with E-state index in [0.29, 0.717) is 5.39 Å². The monoisotopic (exact) mass is 469 g/mol. The molecule has 0 saturated carbocycles. The highest BCUT2D eigenvalue weighted by molar-refractivity contribution is 7.98. The first-order chi connectivity index (χ1) is 16.6. The second-order valence-corrected chi connectivity index (χ2v) is 8.23. The lowest BCUT2D eigenvalue weighted by molar-refractivity contribution is 0.102. The minimum absolute atomic E-state index is 0.0180. The lowest BCUT2D eigenvalue weighted by Crippen LogP contribution is -2.13. The molecule has 0 saturated heterocycles. The molecule has 0 bridgehead atoms. The fourth-order valence-corrected chi connectivity index (χ4v) is 4.07. The lowest BCUT2D eigenvalue weighted by Gasteiger charge is -2.13. The van der Waals surface area contributed by atoms with Crippen LogP contribution in [0, 0.1) is 6.92 Å². The third kappa shape index (κ3) is 5.07. The third-order valence-corrected chi connectivity index (χ3v) is 5.98. The van der Waals surface area contributed by atoms with Crippen LogP contribution in [0.3, 0.4) is 0 Å². The molecule has 1 amide bonds. The first-order valence-corrected chi connectivity index (χ1v) is 11.7. The molecule has 7 nitrogen and oxygen atoms in total. The van der Waals surface area contributed by atoms with Crippen LogP contribution in [0.4, 0.5) is 5.69 Å². The van der Waals surface area contributed by atoms with Crippen LogP contribution in [-0.2, 0) is 0 Å². The normalized spacial score (nSPS) is 10.4. The predicted molar refractivity (Wildman–Crippen MR) is 136 cm³/mol. The summed E-state index contributed by atoms with van der Waals surface area (Å²) in [6.07, 6.45) is 3.52. The number of thioether (sulfide) groups is 1. The Labute approximate surface area is 201 Å². The number of carbonyl (C=O) groups is 1. The summed E-state index contributed by atoms with van der Waals surface area (Å²) in [5.74, 6) is -0.290. The molecular formula is C26H23N5O2S. The molecule has 0 fully saturated rings. The Morgan fingerprint density at radius 1 is 0.941 bits per heavy atom. The highest BCUT2D eigenvalue weighted by Gasteiger charge is 2.17. The first-order valence-electron chi connectivity index (χ1n) is 10.5. The van der Waals surface area contributed by atoms with Crippen molar-refractivity contribution >= 4 is 34.1 Å². The molecule has 0 aliphatic carbocycles. The largest absolute Gasteiger partial charge is 0.506 e. The van der Waals surface area contributed by atoms with Crippen LogP contribution < -0.4 is 5.32 Å². The van der Waals surface area contributed by atoms with E-state index in [-0.39, 0.29) is 17.2 Å². The number of rotatable bonds is 4. The summed E-state index contributed by atoms with van der Waals surface area (Å²) in [5, 5.41) is 25.8. The summed E-state index contributed by atoms with van der Waals surface area (Å²) < 4.78 is 1.61. The second kappa shape index (κ2) is 10.6. The average Bonchev–Trinajstić information content (AvgIpc) is 3.42. The Kier molecular flexibility index (Phi) is 7.19. The molecule has 4 aromatic carbocycles. The molecule has 0 aliphatic heterocycles. The van der Waals surface area contributed by atoms with Gasteiger partial charge in [0.2, 0.25) is 0 Å². The fraction of sp³-hybridized carbons (Fsp3) is 0.0769. The number of anilines is 1. The Hall–Kier alpha value is -4.17. The predicted octanol–water partition coefficient (Wildman–Crippen LogP) is 5.49. The first kappa shape index (κ1) is 23.0. The van der Waals surface area contributed by atoms with Gasteiger partial charge in [0, 0.05) is 16.0 Å². The van der Waals surface area contributed by atoms with E-state index in [2.05, 4.69) is 20.8 Å². The fourth-order valence-electron chi connectivity index (χ4n) is 3.43. The molecule has 1 heterocycles. The van der Waals surface area contributed by atoms with Crippen molar-refractivity contribution in [1.82, 2.24) is 20.2 Å². The number of tetrazole rings is 1. The number of aryl methyl sites for hydroxylation is 1. The number of para-hydroxylation sites is 2. The van der Waals surface area contributed by atoms with E-state index in [1.807, 2.05) is 92.0 Å². The summed E-state index contributed by atoms with van der Waals surface area (Å²) in [7, 11) is 0. The number of hydrogen-bond acceptors (Lipinski definition) is 6. The van der Waals surface area contributed by atoms with Crippen LogP contribution in [-0.4, -0.2) is 37.5 Å². The summed E-state index contributed by atoms with van der Waals surface area (Å²) in [5.41, 5.74) is 2.98. The van der Waals surface area contributed by atoms with E-state index in [1.165, 1.54) is 0 Å². The number of hydrogen-bond donors (Lipinski definition) is 2. The number of nitrogens with one attached hydrogen (secondary N) is 1. The zero-order valence-corrected chi connectivity index (χ0v) is 19.5. The zero-order valence-electron chi connectivity index (χ0n) is 18.7. The van der Waals surface area contributed by atoms with Gasteiger partial charge in [-0.05, 0) is 58.8 Å². The summed E-state index contributed by atoms with van der Waals surface area (Å²) in [6, 6.07) is 26.6. The van der Waals surface area contributed by atoms with Crippen LogP contribution >= 0.6 is 11.8 Å². The van der Waals surface area contributed by atoms with Gasteiger partial charge in [0.1, 0.15) is 12.1 Å². The van der Waals surface area contributed by atoms with Crippen LogP contribution in [0.5, 0.6) is 5.75 Å². The van der Waals surface area contributed by atoms with Crippen molar-refractivity contribution in [3.05, 3.63) is 102 Å². The van der Waals surface area contributed by atoms with Crippen LogP contribution in [0.25, 0.3) is 16.5 Å². The Balaban J connectivity index is 0.000000207. The molecule has 34 heavy (non-hydrogen) atoms. The number of carbonyl (C=O) groups excluding carboxylic acids is 1. The minimum Gasteiger partial charge on any atom is -0.506 e. The van der Waals surface area contributed by atoms with Gasteiger partial charge in [-0.3, -0.25) is 4.79 Å². The molecule has 8 heteroatoms. The van der Waals surface area contributed by atoms with Crippen molar-refractivity contribution in [2.75, 3.05) is 11.6 Å². The van der Waals surface area contributed by atoms with Crippen LogP contribution in [0.2, 0.25) is 0 Å². The van der Waals surface area contributed by atoms with Gasteiger partial charge in [0.25, 0.3) is 5.91 Å². The molecule has 0 atom stereocenters. The molecule has 170 valence electrons. The maximum Gasteiger partial charge on any atom is 0.259 e. The van der Waals surface area contributed by atoms with Crippen LogP contribution in [0.1, 0.15) is 15.9 Å². The number of nitrogens with zero attached hydrogens (tertiary/aromatic N) is 4. The maximum atomic E-state index is 12.6. The molecule has 0 radical (unpaired) electrons. The van der Waals surface area contributed by atoms with E-state index < -0.39 is 0 Å². The number of benzene rings is 4. The van der Waals surface area contributed by atoms with Gasteiger partial charge < -0.3 is 10.4 Å². The van der Waals surface area contributed by atoms with Crippen molar-refractivity contribution in [2.45, 2.75) is 11.8 Å². The van der Waals surface area contributed by atoms with Gasteiger partial charge in [0.05, 0.1) is 11.3 Å². The number of aromatic nitrogens is 4. The molecule has 5 rings (SSSR count). The summed E-state index contributed by atoms with van der Waals surface area (Å²) in [6.45, 7) is 1.93. The van der Waals surface area contributed by atoms with E-state index in [9.17, 15) is 9.90 Å². The number of fused-ring (bicyclic) bond motifs is 1. The SMILES string of the molecule is CSc1cc(C(=O)Nc2ccccc2C)c(O)c2ccccc12.c1ccc(-n2cnnn2)cc1. The summed E-state index contributed by atoms with van der Waals surface area (Å²) in [4.78, 5) is 13.6. The molecule has 0 unspecified atom stereocenters. The molecule has 1 aromatic heterocycles. The zero-order chi connectivity index (χ0) is 23.9. The van der Waals surface area contributed by atoms with Gasteiger partial charge in [-0.1, -0.05) is 60.7 Å². The van der Waals surface area contributed by atoms with Gasteiger partial charge in [-0.25, -0.2) is 4.68 Å². The number of phenols is 1. The van der Waals surface area contributed by atoms with Crippen LogP contribution in [0.15, 0.2) is 96.2 Å². The standard InChI is InChI=1S/C19H17NO2S.C7H6N4/c1-12-7-3-6-10-16(12)20-19(22)15-11-17(23-2)13-8-4-5-9-14(13)18(15)21;1-2-4-7(5-3-1)11-6-8-9-10-11/h3-11,21H,1-2H3,(H,20,22);1-6H. The highest BCUT2D eigenvalue weighted by Crippen LogP contribution is 2.36. The van der Waals surface area contributed by atoms with E-state index >= 15 is 0 Å². The molecule has 0 spiro atoms. The minimum atomic E-state index is -0.308. The van der Waals surface area contributed by atoms with Gasteiger partial charge in [-0.15, -0.1) is 16.9 Å². The van der Waals surface area contributed by atoms with Crippen molar-refractivity contribution in [3.8, 4) is 11.4 Å². The highest BCUT2D eigenvalue weighted by atomic mass is 32.2. The van der Waals surface area contributed by atoms with Gasteiger partial charge >= 0.3 is 0 Å². The number of phenolic OH excluding ortho intramolecular Hbond substituents is 1. The van der Waals surface area contributed by atoms with Crippen molar-refractivity contribution < 1.29 is 9.90 Å². The lowest BCUT2D eigenvalue weighted by atomic mass is 10.0. The second-order valence-electron chi connectivity index (χ2n) is 7.38. The van der Waals surface area contributed by atoms with Crippen molar-refractivity contribution in [3.63, 3.8) is 0 Å². The molecule has 2 N–H and O–H groups in total. The Morgan fingerprint density at radius 2 is 1.62 bits per heavy atom. The van der Waals surface area contributed by atoms with Gasteiger partial charge in [0.15, 0.2) is 0 Å². The average molecular weight is 470 g/mol.